The Balaban J connectivity index is 1.32. The van der Waals surface area contributed by atoms with Crippen LogP contribution in [0, 0.1) is 5.82 Å². The molecule has 1 atom stereocenters. The quantitative estimate of drug-likeness (QED) is 0.412. The SMILES string of the molecule is O=C(NC[C@H]1CN(c2ccc(N3CCNN(C(=O)NCc4c[nH]nn4)CC3)c(F)c2)C(=O)O1)C(F)F. The summed E-state index contributed by atoms with van der Waals surface area (Å²) < 4.78 is 44.7. The third kappa shape index (κ3) is 5.94. The molecule has 0 bridgehead atoms. The van der Waals surface area contributed by atoms with E-state index in [9.17, 15) is 23.2 Å². The number of halogens is 3. The predicted octanol–water partition coefficient (Wildman–Crippen LogP) is 0.187. The molecule has 4 N–H and O–H groups in total. The number of amides is 4. The van der Waals surface area contributed by atoms with Gasteiger partial charge >= 0.3 is 18.5 Å². The molecule has 16 heteroatoms. The summed E-state index contributed by atoms with van der Waals surface area (Å²) in [5.74, 6) is -2.04. The van der Waals surface area contributed by atoms with E-state index in [1.165, 1.54) is 17.1 Å². The number of cyclic esters (lactones) is 1. The molecule has 0 aliphatic carbocycles. The van der Waals surface area contributed by atoms with Crippen LogP contribution >= 0.6 is 0 Å². The van der Waals surface area contributed by atoms with Crippen LogP contribution in [0.2, 0.25) is 0 Å². The molecule has 2 aliphatic rings. The molecule has 36 heavy (non-hydrogen) atoms. The second-order valence-corrected chi connectivity index (χ2v) is 7.97. The summed E-state index contributed by atoms with van der Waals surface area (Å²) in [5.41, 5.74) is 4.09. The number of urea groups is 1. The van der Waals surface area contributed by atoms with E-state index in [0.29, 0.717) is 31.0 Å². The van der Waals surface area contributed by atoms with Crippen LogP contribution in [0.15, 0.2) is 24.4 Å². The van der Waals surface area contributed by atoms with Crippen LogP contribution in [0.3, 0.4) is 0 Å². The fourth-order valence-corrected chi connectivity index (χ4v) is 3.77. The van der Waals surface area contributed by atoms with Crippen molar-refractivity contribution in [3.05, 3.63) is 35.9 Å². The Hall–Kier alpha value is -4.08. The molecule has 1 aromatic heterocycles. The van der Waals surface area contributed by atoms with Crippen LogP contribution in [-0.2, 0) is 16.1 Å². The average Bonchev–Trinajstić information content (AvgIpc) is 3.44. The summed E-state index contributed by atoms with van der Waals surface area (Å²) in [5, 5.41) is 16.0. The lowest BCUT2D eigenvalue weighted by Gasteiger charge is -2.24. The molecular weight excluding hydrogens is 487 g/mol. The average molecular weight is 511 g/mol. The number of aromatic nitrogens is 3. The molecule has 3 heterocycles. The fourth-order valence-electron chi connectivity index (χ4n) is 3.77. The number of H-pyrrole nitrogens is 1. The van der Waals surface area contributed by atoms with Gasteiger partial charge in [0, 0.05) is 25.8 Å². The van der Waals surface area contributed by atoms with E-state index in [1.54, 1.807) is 17.2 Å². The Morgan fingerprint density at radius 2 is 2.06 bits per heavy atom. The van der Waals surface area contributed by atoms with Crippen molar-refractivity contribution in [1.29, 1.82) is 0 Å². The van der Waals surface area contributed by atoms with Gasteiger partial charge in [0.15, 0.2) is 0 Å². The number of alkyl halides is 2. The number of anilines is 2. The van der Waals surface area contributed by atoms with Crippen molar-refractivity contribution in [1.82, 2.24) is 36.5 Å². The molecule has 0 unspecified atom stereocenters. The van der Waals surface area contributed by atoms with Gasteiger partial charge in [-0.2, -0.15) is 8.78 Å². The van der Waals surface area contributed by atoms with E-state index >= 15 is 4.39 Å². The fraction of sp³-hybridized carbons (Fsp3) is 0.450. The van der Waals surface area contributed by atoms with E-state index in [4.69, 9.17) is 4.74 Å². The molecule has 2 fully saturated rings. The zero-order valence-electron chi connectivity index (χ0n) is 18.9. The highest BCUT2D eigenvalue weighted by atomic mass is 19.3. The van der Waals surface area contributed by atoms with Crippen LogP contribution in [-0.4, -0.2) is 90.2 Å². The number of carbonyl (C=O) groups is 3. The van der Waals surface area contributed by atoms with Gasteiger partial charge in [-0.05, 0) is 18.2 Å². The van der Waals surface area contributed by atoms with E-state index in [0.717, 1.165) is 4.90 Å². The highest BCUT2D eigenvalue weighted by molar-refractivity contribution is 5.90. The first-order valence-corrected chi connectivity index (χ1v) is 11.0. The van der Waals surface area contributed by atoms with Gasteiger partial charge in [0.05, 0.1) is 37.6 Å². The molecule has 13 nitrogen and oxygen atoms in total. The number of carbonyl (C=O) groups excluding carboxylic acids is 3. The number of nitrogens with one attached hydrogen (secondary N) is 4. The van der Waals surface area contributed by atoms with Crippen LogP contribution < -0.4 is 25.9 Å². The largest absolute Gasteiger partial charge is 0.442 e. The topological polar surface area (TPSA) is 148 Å². The zero-order chi connectivity index (χ0) is 25.7. The van der Waals surface area contributed by atoms with E-state index in [-0.39, 0.29) is 37.9 Å². The number of hydrogen-bond acceptors (Lipinski definition) is 8. The van der Waals surface area contributed by atoms with Crippen LogP contribution in [0.4, 0.5) is 34.1 Å². The van der Waals surface area contributed by atoms with E-state index in [2.05, 4.69) is 26.2 Å². The maximum Gasteiger partial charge on any atom is 0.414 e. The van der Waals surface area contributed by atoms with Crippen molar-refractivity contribution < 1.29 is 32.3 Å². The second kappa shape index (κ2) is 11.1. The van der Waals surface area contributed by atoms with Gasteiger partial charge in [-0.15, -0.1) is 5.10 Å². The van der Waals surface area contributed by atoms with Crippen molar-refractivity contribution in [2.45, 2.75) is 19.1 Å². The maximum atomic E-state index is 15.0. The van der Waals surface area contributed by atoms with Gasteiger partial charge in [0.25, 0.3) is 5.91 Å². The normalized spacial score (nSPS) is 18.3. The van der Waals surface area contributed by atoms with Gasteiger partial charge in [-0.25, -0.2) is 19.4 Å². The maximum absolute atomic E-state index is 15.0. The molecule has 1 aromatic carbocycles. The number of aromatic amines is 1. The third-order valence-electron chi connectivity index (χ3n) is 5.57. The highest BCUT2D eigenvalue weighted by Gasteiger charge is 2.33. The minimum absolute atomic E-state index is 0.0345. The summed E-state index contributed by atoms with van der Waals surface area (Å²) in [4.78, 5) is 38.6. The van der Waals surface area contributed by atoms with Crippen molar-refractivity contribution in [2.24, 2.45) is 0 Å². The first-order chi connectivity index (χ1) is 17.3. The van der Waals surface area contributed by atoms with Crippen molar-refractivity contribution in [2.75, 3.05) is 49.1 Å². The van der Waals surface area contributed by atoms with Gasteiger partial charge in [0.2, 0.25) is 0 Å². The Kier molecular flexibility index (Phi) is 7.72. The Morgan fingerprint density at radius 3 is 2.78 bits per heavy atom. The van der Waals surface area contributed by atoms with Crippen molar-refractivity contribution >= 4 is 29.4 Å². The van der Waals surface area contributed by atoms with Crippen molar-refractivity contribution in [3.8, 4) is 0 Å². The summed E-state index contributed by atoms with van der Waals surface area (Å²) >= 11 is 0. The van der Waals surface area contributed by atoms with Gasteiger partial charge in [0.1, 0.15) is 17.6 Å². The first kappa shape index (κ1) is 25.0. The number of hydrogen-bond donors (Lipinski definition) is 4. The summed E-state index contributed by atoms with van der Waals surface area (Å²) in [6.45, 7) is 1.30. The van der Waals surface area contributed by atoms with E-state index in [1.807, 2.05) is 5.32 Å². The lowest BCUT2D eigenvalue weighted by Crippen LogP contribution is -2.48. The smallest absolute Gasteiger partial charge is 0.414 e. The van der Waals surface area contributed by atoms with Gasteiger partial charge < -0.3 is 20.3 Å². The molecule has 0 spiro atoms. The Bertz CT molecular complexity index is 1090. The molecule has 2 saturated heterocycles. The number of rotatable bonds is 7. The monoisotopic (exact) mass is 511 g/mol. The first-order valence-electron chi connectivity index (χ1n) is 11.0. The minimum Gasteiger partial charge on any atom is -0.442 e. The number of hydrazine groups is 1. The second-order valence-electron chi connectivity index (χ2n) is 7.97. The van der Waals surface area contributed by atoms with Gasteiger partial charge in [-0.1, -0.05) is 5.21 Å². The van der Waals surface area contributed by atoms with Crippen LogP contribution in [0.25, 0.3) is 0 Å². The highest BCUT2D eigenvalue weighted by Crippen LogP contribution is 2.28. The number of nitrogens with zero attached hydrogens (tertiary/aromatic N) is 5. The van der Waals surface area contributed by atoms with Crippen LogP contribution in [0.1, 0.15) is 5.69 Å². The summed E-state index contributed by atoms with van der Waals surface area (Å²) in [7, 11) is 0. The zero-order valence-corrected chi connectivity index (χ0v) is 18.9. The van der Waals surface area contributed by atoms with Crippen molar-refractivity contribution in [3.63, 3.8) is 0 Å². The Morgan fingerprint density at radius 1 is 1.22 bits per heavy atom. The number of benzene rings is 1. The summed E-state index contributed by atoms with van der Waals surface area (Å²) in [6.07, 6.45) is -3.22. The molecular formula is C20H24F3N9O4. The standard InChI is InChI=1S/C20H24F3N9O4/c21-15-7-13(31-11-14(36-20(31)35)10-24-18(33)17(22)23)1-2-16(15)30-4-3-27-32(6-5-30)19(34)25-8-12-9-26-29-28-12/h1-2,7,9,14,17,27H,3-6,8,10-11H2,(H,24,33)(H,25,34)(H,26,28,29)/t14-/m0/s1. The summed E-state index contributed by atoms with van der Waals surface area (Å²) in [6, 6.07) is 3.88. The molecule has 2 aromatic rings. The van der Waals surface area contributed by atoms with E-state index < -0.39 is 30.3 Å². The molecule has 2 aliphatic heterocycles. The molecule has 194 valence electrons. The molecule has 4 amide bonds. The third-order valence-corrected chi connectivity index (χ3v) is 5.57. The minimum atomic E-state index is -3.17. The van der Waals surface area contributed by atoms with Gasteiger partial charge in [-0.3, -0.25) is 19.8 Å². The molecule has 0 radical (unpaired) electrons. The Labute approximate surface area is 202 Å². The predicted molar refractivity (Wildman–Crippen MR) is 119 cm³/mol. The molecule has 0 saturated carbocycles. The lowest BCUT2D eigenvalue weighted by molar-refractivity contribution is -0.132. The van der Waals surface area contributed by atoms with Crippen LogP contribution in [0.5, 0.6) is 0 Å². The lowest BCUT2D eigenvalue weighted by atomic mass is 10.2. The molecule has 4 rings (SSSR count). The number of ether oxygens (including phenoxy) is 1.